The van der Waals surface area contributed by atoms with Gasteiger partial charge < -0.3 is 0 Å². The van der Waals surface area contributed by atoms with E-state index in [-0.39, 0.29) is 0 Å². The molecule has 14 heavy (non-hydrogen) atoms. The van der Waals surface area contributed by atoms with Crippen molar-refractivity contribution < 1.29 is 4.79 Å². The lowest BCUT2D eigenvalue weighted by Gasteiger charge is -2.25. The van der Waals surface area contributed by atoms with E-state index in [1.165, 1.54) is 0 Å². The van der Waals surface area contributed by atoms with Gasteiger partial charge in [-0.05, 0) is 11.8 Å². The number of carbonyl (C=O) groups is 1. The Hall–Kier alpha value is -0.370. The Bertz CT molecular complexity index is 154. The van der Waals surface area contributed by atoms with Crippen LogP contribution in [0.15, 0.2) is 0 Å². The third-order valence-corrected chi connectivity index (χ3v) is 2.04. The molecule has 0 fully saturated rings. The Morgan fingerprint density at radius 1 is 1.07 bits per heavy atom. The molecule has 0 spiro atoms. The lowest BCUT2D eigenvalue weighted by molar-refractivity contribution is -0.120. The number of carbonyl (C=O) groups excluding carboxylic acids is 1. The van der Waals surface area contributed by atoms with Crippen molar-refractivity contribution in [1.82, 2.24) is 4.90 Å². The second-order valence-electron chi connectivity index (χ2n) is 4.87. The van der Waals surface area contributed by atoms with Crippen LogP contribution >= 0.6 is 0 Å². The number of hydrogen-bond acceptors (Lipinski definition) is 2. The van der Waals surface area contributed by atoms with Gasteiger partial charge >= 0.3 is 0 Å². The zero-order valence-corrected chi connectivity index (χ0v) is 10.3. The molecule has 0 amide bonds. The smallest absolute Gasteiger partial charge is 0.146 e. The van der Waals surface area contributed by atoms with Crippen LogP contribution in [0.4, 0.5) is 0 Å². The molecular weight excluding hydrogens is 174 g/mol. The molecular formula is C12H25NO. The van der Waals surface area contributed by atoms with Gasteiger partial charge in [0.15, 0.2) is 0 Å². The maximum Gasteiger partial charge on any atom is 0.146 e. The van der Waals surface area contributed by atoms with Crippen LogP contribution < -0.4 is 0 Å². The fourth-order valence-electron chi connectivity index (χ4n) is 1.60. The Kier molecular flexibility index (Phi) is 6.81. The Labute approximate surface area is 88.7 Å². The molecule has 0 saturated heterocycles. The Morgan fingerprint density at radius 3 is 1.79 bits per heavy atom. The standard InChI is InChI=1S/C12H25NO/c1-6-12(14)9-13(7-10(2)3)8-11(4)5/h10-11H,6-9H2,1-5H3. The SMILES string of the molecule is CCC(=O)CN(CC(C)C)CC(C)C. The van der Waals surface area contributed by atoms with Gasteiger partial charge in [0.1, 0.15) is 5.78 Å². The summed E-state index contributed by atoms with van der Waals surface area (Å²) in [6.45, 7) is 13.4. The fourth-order valence-corrected chi connectivity index (χ4v) is 1.60. The maximum atomic E-state index is 11.3. The molecule has 0 radical (unpaired) electrons. The van der Waals surface area contributed by atoms with E-state index < -0.39 is 0 Å². The highest BCUT2D eigenvalue weighted by molar-refractivity contribution is 5.80. The van der Waals surface area contributed by atoms with Crippen molar-refractivity contribution in [3.05, 3.63) is 0 Å². The first-order valence-corrected chi connectivity index (χ1v) is 5.69. The highest BCUT2D eigenvalue weighted by atomic mass is 16.1. The summed E-state index contributed by atoms with van der Waals surface area (Å²) in [6.07, 6.45) is 0.659. The van der Waals surface area contributed by atoms with Gasteiger partial charge in [0.25, 0.3) is 0 Å². The van der Waals surface area contributed by atoms with E-state index in [2.05, 4.69) is 32.6 Å². The van der Waals surface area contributed by atoms with Crippen LogP contribution in [0.3, 0.4) is 0 Å². The highest BCUT2D eigenvalue weighted by Gasteiger charge is 2.12. The van der Waals surface area contributed by atoms with Gasteiger partial charge in [-0.1, -0.05) is 34.6 Å². The van der Waals surface area contributed by atoms with Crippen molar-refractivity contribution in [2.24, 2.45) is 11.8 Å². The summed E-state index contributed by atoms with van der Waals surface area (Å²) in [5.74, 6) is 1.63. The van der Waals surface area contributed by atoms with E-state index in [1.54, 1.807) is 0 Å². The molecule has 0 aromatic rings. The largest absolute Gasteiger partial charge is 0.298 e. The van der Waals surface area contributed by atoms with Crippen LogP contribution in [0, 0.1) is 11.8 Å². The number of Topliss-reactive ketones (excluding diaryl/α,β-unsaturated/α-hetero) is 1. The van der Waals surface area contributed by atoms with Crippen molar-refractivity contribution in [2.45, 2.75) is 41.0 Å². The molecule has 0 aliphatic heterocycles. The minimum atomic E-state index is 0.353. The fraction of sp³-hybridized carbons (Fsp3) is 0.917. The second-order valence-corrected chi connectivity index (χ2v) is 4.87. The summed E-state index contributed by atoms with van der Waals surface area (Å²) in [6, 6.07) is 0. The van der Waals surface area contributed by atoms with Crippen LogP contribution in [-0.4, -0.2) is 30.3 Å². The van der Waals surface area contributed by atoms with Gasteiger partial charge in [-0.25, -0.2) is 0 Å². The second kappa shape index (κ2) is 6.99. The van der Waals surface area contributed by atoms with Gasteiger partial charge in [-0.15, -0.1) is 0 Å². The Morgan fingerprint density at radius 2 is 1.50 bits per heavy atom. The first kappa shape index (κ1) is 13.6. The molecule has 0 aliphatic carbocycles. The first-order valence-electron chi connectivity index (χ1n) is 5.69. The maximum absolute atomic E-state index is 11.3. The van der Waals surface area contributed by atoms with Crippen LogP contribution in [0.1, 0.15) is 41.0 Å². The van der Waals surface area contributed by atoms with Crippen LogP contribution in [0.25, 0.3) is 0 Å². The molecule has 0 aliphatic rings. The van der Waals surface area contributed by atoms with Crippen molar-refractivity contribution in [2.75, 3.05) is 19.6 Å². The lowest BCUT2D eigenvalue weighted by atomic mass is 10.1. The molecule has 0 atom stereocenters. The summed E-state index contributed by atoms with van der Waals surface area (Å²) < 4.78 is 0. The third kappa shape index (κ3) is 7.07. The van der Waals surface area contributed by atoms with E-state index in [4.69, 9.17) is 0 Å². The zero-order valence-electron chi connectivity index (χ0n) is 10.3. The van der Waals surface area contributed by atoms with Crippen molar-refractivity contribution >= 4 is 5.78 Å². The van der Waals surface area contributed by atoms with Gasteiger partial charge in [0.2, 0.25) is 0 Å². The lowest BCUT2D eigenvalue weighted by Crippen LogP contribution is -2.35. The van der Waals surface area contributed by atoms with E-state index in [9.17, 15) is 4.79 Å². The molecule has 0 aromatic carbocycles. The van der Waals surface area contributed by atoms with Gasteiger partial charge in [0, 0.05) is 19.5 Å². The molecule has 0 unspecified atom stereocenters. The monoisotopic (exact) mass is 199 g/mol. The first-order chi connectivity index (χ1) is 6.45. The predicted molar refractivity (Wildman–Crippen MR) is 61.4 cm³/mol. The average molecular weight is 199 g/mol. The summed E-state index contributed by atoms with van der Waals surface area (Å²) in [7, 11) is 0. The van der Waals surface area contributed by atoms with Crippen LogP contribution in [0.5, 0.6) is 0 Å². The van der Waals surface area contributed by atoms with E-state index >= 15 is 0 Å². The topological polar surface area (TPSA) is 20.3 Å². The number of rotatable bonds is 7. The summed E-state index contributed by atoms with van der Waals surface area (Å²) in [5, 5.41) is 0. The molecule has 2 heteroatoms. The van der Waals surface area contributed by atoms with E-state index in [1.807, 2.05) is 6.92 Å². The Balaban J connectivity index is 4.03. The van der Waals surface area contributed by atoms with Crippen molar-refractivity contribution in [3.63, 3.8) is 0 Å². The molecule has 0 rings (SSSR count). The predicted octanol–water partition coefficient (Wildman–Crippen LogP) is 2.58. The molecule has 0 N–H and O–H groups in total. The minimum Gasteiger partial charge on any atom is -0.298 e. The number of hydrogen-bond donors (Lipinski definition) is 0. The average Bonchev–Trinajstić information content (AvgIpc) is 2.01. The van der Waals surface area contributed by atoms with Gasteiger partial charge in [-0.3, -0.25) is 9.69 Å². The number of ketones is 1. The van der Waals surface area contributed by atoms with Gasteiger partial charge in [-0.2, -0.15) is 0 Å². The van der Waals surface area contributed by atoms with Crippen LogP contribution in [0.2, 0.25) is 0 Å². The van der Waals surface area contributed by atoms with Crippen molar-refractivity contribution in [3.8, 4) is 0 Å². The van der Waals surface area contributed by atoms with E-state index in [0.717, 1.165) is 13.1 Å². The van der Waals surface area contributed by atoms with Crippen LogP contribution in [-0.2, 0) is 4.79 Å². The summed E-state index contributed by atoms with van der Waals surface area (Å²) >= 11 is 0. The molecule has 2 nitrogen and oxygen atoms in total. The molecule has 0 aromatic heterocycles. The normalized spacial score (nSPS) is 11.7. The number of nitrogens with zero attached hydrogens (tertiary/aromatic N) is 1. The highest BCUT2D eigenvalue weighted by Crippen LogP contribution is 2.04. The zero-order chi connectivity index (χ0) is 11.1. The van der Waals surface area contributed by atoms with E-state index in [0.29, 0.717) is 30.6 Å². The molecule has 0 saturated carbocycles. The summed E-state index contributed by atoms with van der Waals surface area (Å²) in [5.41, 5.74) is 0. The third-order valence-electron chi connectivity index (χ3n) is 2.04. The molecule has 84 valence electrons. The van der Waals surface area contributed by atoms with Crippen molar-refractivity contribution in [1.29, 1.82) is 0 Å². The quantitative estimate of drug-likeness (QED) is 0.628. The summed E-state index contributed by atoms with van der Waals surface area (Å²) in [4.78, 5) is 13.6. The molecule has 0 heterocycles. The molecule has 0 bridgehead atoms. The minimum absolute atomic E-state index is 0.353. The van der Waals surface area contributed by atoms with Gasteiger partial charge in [0.05, 0.1) is 6.54 Å².